The summed E-state index contributed by atoms with van der Waals surface area (Å²) in [5, 5.41) is 3.10. The molecular weight excluding hydrogens is 196 g/mol. The molecule has 1 aliphatic heterocycles. The van der Waals surface area contributed by atoms with Crippen molar-refractivity contribution < 1.29 is 8.78 Å². The number of halogens is 2. The van der Waals surface area contributed by atoms with Crippen molar-refractivity contribution in [2.45, 2.75) is 50.9 Å². The lowest BCUT2D eigenvalue weighted by atomic mass is 9.77. The fourth-order valence-corrected chi connectivity index (χ4v) is 3.00. The van der Waals surface area contributed by atoms with Crippen LogP contribution in [-0.4, -0.2) is 19.0 Å². The fourth-order valence-electron chi connectivity index (χ4n) is 3.00. The Morgan fingerprint density at radius 3 is 2.13 bits per heavy atom. The predicted octanol–water partition coefficient (Wildman–Crippen LogP) is 3.20. The van der Waals surface area contributed by atoms with Gasteiger partial charge in [0.15, 0.2) is 0 Å². The van der Waals surface area contributed by atoms with Gasteiger partial charge in [0.05, 0.1) is 0 Å². The Balaban J connectivity index is 1.96. The van der Waals surface area contributed by atoms with Crippen LogP contribution in [0.1, 0.15) is 44.9 Å². The molecule has 0 aromatic rings. The molecule has 0 spiro atoms. The van der Waals surface area contributed by atoms with Gasteiger partial charge in [0, 0.05) is 18.4 Å². The van der Waals surface area contributed by atoms with Gasteiger partial charge < -0.3 is 5.32 Å². The zero-order valence-electron chi connectivity index (χ0n) is 9.27. The third-order valence-corrected chi connectivity index (χ3v) is 3.99. The van der Waals surface area contributed by atoms with Crippen LogP contribution in [0.25, 0.3) is 0 Å². The van der Waals surface area contributed by atoms with E-state index in [0.29, 0.717) is 13.0 Å². The van der Waals surface area contributed by atoms with E-state index in [1.165, 1.54) is 0 Å². The molecule has 1 nitrogen and oxygen atoms in total. The minimum atomic E-state index is -2.42. The number of nitrogens with one attached hydrogen (secondary N) is 1. The largest absolute Gasteiger partial charge is 0.316 e. The molecule has 0 amide bonds. The summed E-state index contributed by atoms with van der Waals surface area (Å²) in [5.74, 6) is -3.17. The average molecular weight is 217 g/mol. The molecular formula is C12H21F2N. The van der Waals surface area contributed by atoms with E-state index in [9.17, 15) is 8.78 Å². The molecule has 2 fully saturated rings. The van der Waals surface area contributed by atoms with Crippen molar-refractivity contribution in [3.63, 3.8) is 0 Å². The lowest BCUT2D eigenvalue weighted by Gasteiger charge is -2.37. The summed E-state index contributed by atoms with van der Waals surface area (Å²) < 4.78 is 28.3. The Labute approximate surface area is 90.6 Å². The molecule has 2 aliphatic rings. The van der Waals surface area contributed by atoms with Gasteiger partial charge in [-0.25, -0.2) is 8.78 Å². The molecule has 1 unspecified atom stereocenters. The van der Waals surface area contributed by atoms with Crippen LogP contribution in [0.15, 0.2) is 0 Å². The van der Waals surface area contributed by atoms with Gasteiger partial charge >= 0.3 is 0 Å². The highest BCUT2D eigenvalue weighted by atomic mass is 19.3. The molecule has 15 heavy (non-hydrogen) atoms. The van der Waals surface area contributed by atoms with Crippen LogP contribution >= 0.6 is 0 Å². The minimum Gasteiger partial charge on any atom is -0.316 e. The van der Waals surface area contributed by atoms with Crippen LogP contribution in [0, 0.1) is 11.8 Å². The third kappa shape index (κ3) is 2.49. The highest BCUT2D eigenvalue weighted by Crippen LogP contribution is 2.43. The Morgan fingerprint density at radius 2 is 1.53 bits per heavy atom. The van der Waals surface area contributed by atoms with Crippen molar-refractivity contribution in [3.05, 3.63) is 0 Å². The van der Waals surface area contributed by atoms with E-state index in [-0.39, 0.29) is 5.92 Å². The van der Waals surface area contributed by atoms with E-state index in [1.807, 2.05) is 0 Å². The predicted molar refractivity (Wildman–Crippen MR) is 57.1 cm³/mol. The zero-order chi connectivity index (χ0) is 10.7. The van der Waals surface area contributed by atoms with Crippen LogP contribution < -0.4 is 5.32 Å². The summed E-state index contributed by atoms with van der Waals surface area (Å²) >= 11 is 0. The number of hydrogen-bond acceptors (Lipinski definition) is 1. The normalized spacial score (nSPS) is 30.4. The first-order valence-corrected chi connectivity index (χ1v) is 6.30. The maximum absolute atomic E-state index is 14.2. The van der Waals surface area contributed by atoms with Crippen LogP contribution in [0.5, 0.6) is 0 Å². The second-order valence-electron chi connectivity index (χ2n) is 5.05. The summed E-state index contributed by atoms with van der Waals surface area (Å²) in [5.41, 5.74) is 0. The first-order valence-electron chi connectivity index (χ1n) is 6.30. The Hall–Kier alpha value is -0.180. The second-order valence-corrected chi connectivity index (χ2v) is 5.05. The van der Waals surface area contributed by atoms with E-state index in [2.05, 4.69) is 5.32 Å². The summed E-state index contributed by atoms with van der Waals surface area (Å²) in [7, 11) is 0. The number of hydrogen-bond donors (Lipinski definition) is 1. The molecule has 1 saturated carbocycles. The lowest BCUT2D eigenvalue weighted by molar-refractivity contribution is -0.123. The van der Waals surface area contributed by atoms with Gasteiger partial charge in [0.1, 0.15) is 0 Å². The first kappa shape index (κ1) is 11.3. The highest BCUT2D eigenvalue weighted by molar-refractivity contribution is 4.88. The SMILES string of the molecule is FC(F)(C1CCCCC1)C1CCCNC1. The maximum atomic E-state index is 14.2. The third-order valence-electron chi connectivity index (χ3n) is 3.99. The van der Waals surface area contributed by atoms with E-state index in [4.69, 9.17) is 0 Å². The minimum absolute atomic E-state index is 0.337. The molecule has 88 valence electrons. The number of rotatable bonds is 2. The number of alkyl halides is 2. The van der Waals surface area contributed by atoms with Gasteiger partial charge in [-0.1, -0.05) is 19.3 Å². The van der Waals surface area contributed by atoms with E-state index < -0.39 is 11.8 Å². The first-order chi connectivity index (χ1) is 7.21. The molecule has 1 N–H and O–H groups in total. The standard InChI is InChI=1S/C12H21F2N/c13-12(14,10-5-2-1-3-6-10)11-7-4-8-15-9-11/h10-11,15H,1-9H2. The molecule has 0 bridgehead atoms. The molecule has 1 atom stereocenters. The van der Waals surface area contributed by atoms with Gasteiger partial charge in [0.2, 0.25) is 0 Å². The van der Waals surface area contributed by atoms with E-state index in [0.717, 1.165) is 45.1 Å². The lowest BCUT2D eigenvalue weighted by Crippen LogP contribution is -2.45. The van der Waals surface area contributed by atoms with Gasteiger partial charge in [-0.05, 0) is 32.2 Å². The Kier molecular flexibility index (Phi) is 3.60. The quantitative estimate of drug-likeness (QED) is 0.749. The monoisotopic (exact) mass is 217 g/mol. The molecule has 2 rings (SSSR count). The van der Waals surface area contributed by atoms with Crippen LogP contribution in [-0.2, 0) is 0 Å². The fraction of sp³-hybridized carbons (Fsp3) is 1.00. The van der Waals surface area contributed by atoms with Gasteiger partial charge in [0.25, 0.3) is 5.92 Å². The second kappa shape index (κ2) is 4.77. The summed E-state index contributed by atoms with van der Waals surface area (Å²) in [4.78, 5) is 0. The smallest absolute Gasteiger partial charge is 0.254 e. The molecule has 1 aliphatic carbocycles. The van der Waals surface area contributed by atoms with Crippen LogP contribution in [0.4, 0.5) is 8.78 Å². The van der Waals surface area contributed by atoms with E-state index >= 15 is 0 Å². The van der Waals surface area contributed by atoms with Crippen LogP contribution in [0.3, 0.4) is 0 Å². The van der Waals surface area contributed by atoms with Crippen molar-refractivity contribution >= 4 is 0 Å². The van der Waals surface area contributed by atoms with Crippen LogP contribution in [0.2, 0.25) is 0 Å². The van der Waals surface area contributed by atoms with E-state index in [1.54, 1.807) is 0 Å². The van der Waals surface area contributed by atoms with Crippen molar-refractivity contribution in [2.75, 3.05) is 13.1 Å². The molecule has 0 aromatic heterocycles. The summed E-state index contributed by atoms with van der Waals surface area (Å²) in [6.07, 6.45) is 6.24. The summed E-state index contributed by atoms with van der Waals surface area (Å²) in [6.45, 7) is 1.43. The average Bonchev–Trinajstić information content (AvgIpc) is 2.31. The van der Waals surface area contributed by atoms with Crippen molar-refractivity contribution in [1.29, 1.82) is 0 Å². The van der Waals surface area contributed by atoms with Crippen molar-refractivity contribution in [1.82, 2.24) is 5.32 Å². The Morgan fingerprint density at radius 1 is 0.867 bits per heavy atom. The molecule has 0 radical (unpaired) electrons. The Bertz CT molecular complexity index is 174. The summed E-state index contributed by atoms with van der Waals surface area (Å²) in [6, 6.07) is 0. The molecule has 1 heterocycles. The molecule has 3 heteroatoms. The molecule has 1 saturated heterocycles. The highest BCUT2D eigenvalue weighted by Gasteiger charge is 2.46. The zero-order valence-corrected chi connectivity index (χ0v) is 9.27. The number of piperidine rings is 1. The van der Waals surface area contributed by atoms with Gasteiger partial charge in [-0.2, -0.15) is 0 Å². The maximum Gasteiger partial charge on any atom is 0.254 e. The van der Waals surface area contributed by atoms with Crippen molar-refractivity contribution in [2.24, 2.45) is 11.8 Å². The van der Waals surface area contributed by atoms with Gasteiger partial charge in [-0.3, -0.25) is 0 Å². The van der Waals surface area contributed by atoms with Crippen molar-refractivity contribution in [3.8, 4) is 0 Å². The van der Waals surface area contributed by atoms with Gasteiger partial charge in [-0.15, -0.1) is 0 Å². The topological polar surface area (TPSA) is 12.0 Å². The molecule has 0 aromatic carbocycles.